The average molecular weight is 282 g/mol. The first-order chi connectivity index (χ1) is 9.00. The zero-order valence-electron chi connectivity index (χ0n) is 13.8. The molecule has 0 aromatic rings. The quantitative estimate of drug-likeness (QED) is 0.787. The highest BCUT2D eigenvalue weighted by Gasteiger charge is 2.33. The molecule has 0 aromatic carbocycles. The fourth-order valence-electron chi connectivity index (χ4n) is 2.04. The Kier molecular flexibility index (Phi) is 5.22. The zero-order valence-corrected chi connectivity index (χ0v) is 13.8. The molecule has 4 heteroatoms. The van der Waals surface area contributed by atoms with E-state index in [2.05, 4.69) is 10.6 Å². The minimum Gasteiger partial charge on any atom is -0.351 e. The first kappa shape index (κ1) is 17.0. The third-order valence-electron chi connectivity index (χ3n) is 3.56. The molecule has 0 aliphatic heterocycles. The van der Waals surface area contributed by atoms with Crippen molar-refractivity contribution < 1.29 is 9.59 Å². The topological polar surface area (TPSA) is 58.2 Å². The van der Waals surface area contributed by atoms with Crippen LogP contribution in [-0.2, 0) is 9.59 Å². The molecular weight excluding hydrogens is 252 g/mol. The van der Waals surface area contributed by atoms with Gasteiger partial charge in [-0.05, 0) is 60.3 Å². The molecule has 20 heavy (non-hydrogen) atoms. The summed E-state index contributed by atoms with van der Waals surface area (Å²) >= 11 is 0. The standard InChI is InChI=1S/C16H30N2O2/c1-11(13(19)17-15(2,3)4)9-10-16(5,6)18-14(20)12-7-8-12/h11-12H,7-10H2,1-6H3,(H,17,19)(H,18,20). The Morgan fingerprint density at radius 2 is 1.65 bits per heavy atom. The van der Waals surface area contributed by atoms with Crippen molar-refractivity contribution in [2.75, 3.05) is 0 Å². The molecule has 0 bridgehead atoms. The lowest BCUT2D eigenvalue weighted by Gasteiger charge is -2.28. The van der Waals surface area contributed by atoms with E-state index < -0.39 is 0 Å². The number of hydrogen-bond acceptors (Lipinski definition) is 2. The molecule has 1 fully saturated rings. The summed E-state index contributed by atoms with van der Waals surface area (Å²) in [7, 11) is 0. The third kappa shape index (κ3) is 6.40. The number of nitrogens with one attached hydrogen (secondary N) is 2. The van der Waals surface area contributed by atoms with E-state index in [1.807, 2.05) is 41.5 Å². The highest BCUT2D eigenvalue weighted by molar-refractivity contribution is 5.81. The van der Waals surface area contributed by atoms with E-state index in [1.165, 1.54) is 0 Å². The Morgan fingerprint density at radius 3 is 2.10 bits per heavy atom. The summed E-state index contributed by atoms with van der Waals surface area (Å²) in [5.74, 6) is 0.450. The summed E-state index contributed by atoms with van der Waals surface area (Å²) in [6, 6.07) is 0. The number of amides is 2. The van der Waals surface area contributed by atoms with Crippen molar-refractivity contribution in [1.29, 1.82) is 0 Å². The Hall–Kier alpha value is -1.06. The largest absolute Gasteiger partial charge is 0.351 e. The van der Waals surface area contributed by atoms with Gasteiger partial charge in [0.2, 0.25) is 11.8 Å². The predicted molar refractivity (Wildman–Crippen MR) is 81.2 cm³/mol. The van der Waals surface area contributed by atoms with Gasteiger partial charge < -0.3 is 10.6 Å². The normalized spacial score (nSPS) is 17.5. The molecule has 1 atom stereocenters. The fraction of sp³-hybridized carbons (Fsp3) is 0.875. The molecular formula is C16H30N2O2. The van der Waals surface area contributed by atoms with Gasteiger partial charge >= 0.3 is 0 Å². The van der Waals surface area contributed by atoms with Crippen LogP contribution in [0, 0.1) is 11.8 Å². The minimum atomic E-state index is -0.240. The lowest BCUT2D eigenvalue weighted by Crippen LogP contribution is -2.46. The molecule has 0 aromatic heterocycles. The smallest absolute Gasteiger partial charge is 0.223 e. The zero-order chi connectivity index (χ0) is 15.6. The monoisotopic (exact) mass is 282 g/mol. The van der Waals surface area contributed by atoms with E-state index in [-0.39, 0.29) is 34.7 Å². The van der Waals surface area contributed by atoms with Gasteiger partial charge in [-0.25, -0.2) is 0 Å². The van der Waals surface area contributed by atoms with E-state index in [0.29, 0.717) is 0 Å². The van der Waals surface area contributed by atoms with E-state index in [9.17, 15) is 9.59 Å². The van der Waals surface area contributed by atoms with E-state index >= 15 is 0 Å². The van der Waals surface area contributed by atoms with Crippen molar-refractivity contribution in [2.45, 2.75) is 78.3 Å². The van der Waals surface area contributed by atoms with Gasteiger partial charge in [0.15, 0.2) is 0 Å². The second-order valence-corrected chi connectivity index (χ2v) is 7.83. The van der Waals surface area contributed by atoms with Crippen LogP contribution >= 0.6 is 0 Å². The maximum atomic E-state index is 12.0. The van der Waals surface area contributed by atoms with Crippen molar-refractivity contribution in [1.82, 2.24) is 10.6 Å². The maximum Gasteiger partial charge on any atom is 0.223 e. The molecule has 0 spiro atoms. The van der Waals surface area contributed by atoms with Crippen molar-refractivity contribution in [3.05, 3.63) is 0 Å². The molecule has 4 nitrogen and oxygen atoms in total. The summed E-state index contributed by atoms with van der Waals surface area (Å²) in [6.45, 7) is 12.0. The van der Waals surface area contributed by atoms with Crippen LogP contribution in [0.2, 0.25) is 0 Å². The molecule has 0 radical (unpaired) electrons. The minimum absolute atomic E-state index is 0.0358. The van der Waals surface area contributed by atoms with Crippen LogP contribution in [-0.4, -0.2) is 22.9 Å². The SMILES string of the molecule is CC(CCC(C)(C)NC(=O)C1CC1)C(=O)NC(C)(C)C. The summed E-state index contributed by atoms with van der Waals surface area (Å²) in [5.41, 5.74) is -0.434. The van der Waals surface area contributed by atoms with Crippen LogP contribution in [0.1, 0.15) is 67.2 Å². The Balaban J connectivity index is 2.36. The van der Waals surface area contributed by atoms with Gasteiger partial charge in [0.1, 0.15) is 0 Å². The third-order valence-corrected chi connectivity index (χ3v) is 3.56. The first-order valence-electron chi connectivity index (χ1n) is 7.64. The maximum absolute atomic E-state index is 12.0. The van der Waals surface area contributed by atoms with E-state index in [0.717, 1.165) is 25.7 Å². The lowest BCUT2D eigenvalue weighted by molar-refractivity contribution is -0.126. The van der Waals surface area contributed by atoms with E-state index in [1.54, 1.807) is 0 Å². The molecule has 1 saturated carbocycles. The number of hydrogen-bond donors (Lipinski definition) is 2. The van der Waals surface area contributed by atoms with Crippen LogP contribution in [0.25, 0.3) is 0 Å². The molecule has 1 unspecified atom stereocenters. The molecule has 2 amide bonds. The summed E-state index contributed by atoms with van der Waals surface area (Å²) in [6.07, 6.45) is 3.63. The molecule has 116 valence electrons. The Bertz CT molecular complexity index is 365. The molecule has 1 aliphatic carbocycles. The Morgan fingerprint density at radius 1 is 1.10 bits per heavy atom. The molecule has 0 saturated heterocycles. The van der Waals surface area contributed by atoms with Crippen LogP contribution in [0.15, 0.2) is 0 Å². The van der Waals surface area contributed by atoms with Crippen molar-refractivity contribution in [3.63, 3.8) is 0 Å². The number of rotatable bonds is 6. The highest BCUT2D eigenvalue weighted by atomic mass is 16.2. The van der Waals surface area contributed by atoms with Crippen LogP contribution in [0.3, 0.4) is 0 Å². The number of carbonyl (C=O) groups excluding carboxylic acids is 2. The van der Waals surface area contributed by atoms with Crippen LogP contribution < -0.4 is 10.6 Å². The summed E-state index contributed by atoms with van der Waals surface area (Å²) < 4.78 is 0. The molecule has 2 N–H and O–H groups in total. The summed E-state index contributed by atoms with van der Waals surface area (Å²) in [4.78, 5) is 23.8. The van der Waals surface area contributed by atoms with E-state index in [4.69, 9.17) is 0 Å². The Labute approximate surface area is 123 Å². The first-order valence-corrected chi connectivity index (χ1v) is 7.64. The van der Waals surface area contributed by atoms with Crippen molar-refractivity contribution >= 4 is 11.8 Å². The van der Waals surface area contributed by atoms with Gasteiger partial charge in [0, 0.05) is 22.9 Å². The lowest BCUT2D eigenvalue weighted by atomic mass is 9.92. The van der Waals surface area contributed by atoms with Crippen LogP contribution in [0.5, 0.6) is 0 Å². The molecule has 1 aliphatic rings. The predicted octanol–water partition coefficient (Wildman–Crippen LogP) is 2.62. The van der Waals surface area contributed by atoms with Gasteiger partial charge in [0.05, 0.1) is 0 Å². The second-order valence-electron chi connectivity index (χ2n) is 7.83. The van der Waals surface area contributed by atoms with Gasteiger partial charge in [-0.3, -0.25) is 9.59 Å². The van der Waals surface area contributed by atoms with Crippen molar-refractivity contribution in [3.8, 4) is 0 Å². The second kappa shape index (κ2) is 6.15. The van der Waals surface area contributed by atoms with Gasteiger partial charge in [0.25, 0.3) is 0 Å². The summed E-state index contributed by atoms with van der Waals surface area (Å²) in [5, 5.41) is 6.09. The molecule has 1 rings (SSSR count). The van der Waals surface area contributed by atoms with Gasteiger partial charge in [-0.1, -0.05) is 6.92 Å². The highest BCUT2D eigenvalue weighted by Crippen LogP contribution is 2.30. The fourth-order valence-corrected chi connectivity index (χ4v) is 2.04. The average Bonchev–Trinajstić information content (AvgIpc) is 3.06. The van der Waals surface area contributed by atoms with Gasteiger partial charge in [-0.2, -0.15) is 0 Å². The molecule has 0 heterocycles. The number of carbonyl (C=O) groups is 2. The van der Waals surface area contributed by atoms with Gasteiger partial charge in [-0.15, -0.1) is 0 Å². The van der Waals surface area contributed by atoms with Crippen molar-refractivity contribution in [2.24, 2.45) is 11.8 Å². The van der Waals surface area contributed by atoms with Crippen LogP contribution in [0.4, 0.5) is 0 Å².